The minimum absolute atomic E-state index is 0.127. The van der Waals surface area contributed by atoms with Crippen LogP contribution in [-0.2, 0) is 13.1 Å². The SMILES string of the molecule is CC(C)CCn1cc(CNC(C)(C)C)nn1. The standard InChI is InChI=1S/C12H24N4/c1-10(2)6-7-16-9-11(14-15-16)8-13-12(3,4)5/h9-10,13H,6-8H2,1-5H3. The van der Waals surface area contributed by atoms with E-state index < -0.39 is 0 Å². The monoisotopic (exact) mass is 224 g/mol. The summed E-state index contributed by atoms with van der Waals surface area (Å²) in [5.74, 6) is 0.709. The van der Waals surface area contributed by atoms with Crippen molar-refractivity contribution in [3.63, 3.8) is 0 Å². The van der Waals surface area contributed by atoms with Gasteiger partial charge in [-0.2, -0.15) is 0 Å². The summed E-state index contributed by atoms with van der Waals surface area (Å²) >= 11 is 0. The van der Waals surface area contributed by atoms with E-state index in [-0.39, 0.29) is 5.54 Å². The average molecular weight is 224 g/mol. The summed E-state index contributed by atoms with van der Waals surface area (Å²) in [6.45, 7) is 12.6. The second-order valence-corrected chi connectivity index (χ2v) is 5.76. The van der Waals surface area contributed by atoms with Gasteiger partial charge in [-0.25, -0.2) is 0 Å². The Morgan fingerprint density at radius 2 is 2.06 bits per heavy atom. The molecule has 1 heterocycles. The Hall–Kier alpha value is -0.900. The van der Waals surface area contributed by atoms with E-state index in [1.165, 1.54) is 0 Å². The summed E-state index contributed by atoms with van der Waals surface area (Å²) in [5.41, 5.74) is 1.14. The Morgan fingerprint density at radius 1 is 1.38 bits per heavy atom. The highest BCUT2D eigenvalue weighted by molar-refractivity contribution is 4.93. The third-order valence-electron chi connectivity index (χ3n) is 2.32. The maximum atomic E-state index is 4.15. The van der Waals surface area contributed by atoms with Gasteiger partial charge in [-0.3, -0.25) is 4.68 Å². The van der Waals surface area contributed by atoms with Crippen LogP contribution in [0, 0.1) is 5.92 Å². The summed E-state index contributed by atoms with van der Waals surface area (Å²) in [6.07, 6.45) is 3.18. The van der Waals surface area contributed by atoms with Crippen LogP contribution in [0.5, 0.6) is 0 Å². The molecule has 0 bridgehead atoms. The first-order valence-electron chi connectivity index (χ1n) is 6.01. The molecule has 0 fully saturated rings. The molecule has 0 aliphatic heterocycles. The van der Waals surface area contributed by atoms with Crippen LogP contribution in [0.25, 0.3) is 0 Å². The fraction of sp³-hybridized carbons (Fsp3) is 0.833. The zero-order valence-corrected chi connectivity index (χ0v) is 11.1. The van der Waals surface area contributed by atoms with Gasteiger partial charge in [0.05, 0.1) is 5.69 Å². The van der Waals surface area contributed by atoms with Crippen LogP contribution in [0.15, 0.2) is 6.20 Å². The lowest BCUT2D eigenvalue weighted by Crippen LogP contribution is -2.35. The van der Waals surface area contributed by atoms with Crippen molar-refractivity contribution in [3.05, 3.63) is 11.9 Å². The van der Waals surface area contributed by atoms with Gasteiger partial charge in [0, 0.05) is 24.8 Å². The van der Waals surface area contributed by atoms with Crippen LogP contribution >= 0.6 is 0 Å². The normalized spacial score (nSPS) is 12.4. The predicted molar refractivity (Wildman–Crippen MR) is 66.1 cm³/mol. The molecule has 1 rings (SSSR count). The van der Waals surface area contributed by atoms with Gasteiger partial charge in [0.2, 0.25) is 0 Å². The molecule has 4 nitrogen and oxygen atoms in total. The number of hydrogen-bond donors (Lipinski definition) is 1. The second kappa shape index (κ2) is 5.43. The number of nitrogens with one attached hydrogen (secondary N) is 1. The van der Waals surface area contributed by atoms with Crippen molar-refractivity contribution in [2.75, 3.05) is 0 Å². The van der Waals surface area contributed by atoms with Crippen LogP contribution < -0.4 is 5.32 Å². The minimum atomic E-state index is 0.127. The third kappa shape index (κ3) is 5.26. The molecule has 0 amide bonds. The van der Waals surface area contributed by atoms with Gasteiger partial charge >= 0.3 is 0 Å². The summed E-state index contributed by atoms with van der Waals surface area (Å²) in [4.78, 5) is 0. The zero-order chi connectivity index (χ0) is 12.2. The Kier molecular flexibility index (Phi) is 4.47. The third-order valence-corrected chi connectivity index (χ3v) is 2.32. The van der Waals surface area contributed by atoms with Crippen LogP contribution in [0.2, 0.25) is 0 Å². The van der Waals surface area contributed by atoms with Crippen molar-refractivity contribution < 1.29 is 0 Å². The maximum absolute atomic E-state index is 4.15. The van der Waals surface area contributed by atoms with Crippen molar-refractivity contribution in [2.24, 2.45) is 5.92 Å². The van der Waals surface area contributed by atoms with Gasteiger partial charge < -0.3 is 5.32 Å². The lowest BCUT2D eigenvalue weighted by atomic mass is 10.1. The van der Waals surface area contributed by atoms with Crippen LogP contribution in [0.4, 0.5) is 0 Å². The first-order chi connectivity index (χ1) is 7.37. The molecule has 1 N–H and O–H groups in total. The molecule has 1 aromatic rings. The number of aromatic nitrogens is 3. The molecular weight excluding hydrogens is 200 g/mol. The average Bonchev–Trinajstić information content (AvgIpc) is 2.58. The van der Waals surface area contributed by atoms with Gasteiger partial charge in [-0.15, -0.1) is 5.10 Å². The van der Waals surface area contributed by atoms with E-state index in [1.807, 2.05) is 10.9 Å². The Bertz CT molecular complexity index is 309. The van der Waals surface area contributed by atoms with Crippen molar-refractivity contribution in [1.82, 2.24) is 20.3 Å². The van der Waals surface area contributed by atoms with Gasteiger partial charge in [0.1, 0.15) is 0 Å². The number of nitrogens with zero attached hydrogens (tertiary/aromatic N) is 3. The fourth-order valence-electron chi connectivity index (χ4n) is 1.28. The highest BCUT2D eigenvalue weighted by Crippen LogP contribution is 2.04. The molecule has 0 aliphatic rings. The summed E-state index contributed by atoms with van der Waals surface area (Å²) in [7, 11) is 0. The predicted octanol–water partition coefficient (Wildman–Crippen LogP) is 2.21. The molecular formula is C12H24N4. The van der Waals surface area contributed by atoms with Crippen molar-refractivity contribution in [1.29, 1.82) is 0 Å². The summed E-state index contributed by atoms with van der Waals surface area (Å²) in [5, 5.41) is 11.7. The van der Waals surface area contributed by atoms with Crippen LogP contribution in [0.1, 0.15) is 46.7 Å². The molecule has 0 radical (unpaired) electrons. The Morgan fingerprint density at radius 3 is 2.62 bits per heavy atom. The summed E-state index contributed by atoms with van der Waals surface area (Å²) in [6, 6.07) is 0. The van der Waals surface area contributed by atoms with E-state index in [9.17, 15) is 0 Å². The molecule has 0 saturated carbocycles. The van der Waals surface area contributed by atoms with Crippen LogP contribution in [0.3, 0.4) is 0 Å². The fourth-order valence-corrected chi connectivity index (χ4v) is 1.28. The minimum Gasteiger partial charge on any atom is -0.306 e. The van der Waals surface area contributed by atoms with Crippen molar-refractivity contribution in [3.8, 4) is 0 Å². The van der Waals surface area contributed by atoms with E-state index in [4.69, 9.17) is 0 Å². The van der Waals surface area contributed by atoms with Crippen molar-refractivity contribution >= 4 is 0 Å². The molecule has 0 atom stereocenters. The molecule has 16 heavy (non-hydrogen) atoms. The molecule has 4 heteroatoms. The van der Waals surface area contributed by atoms with Gasteiger partial charge in [0.15, 0.2) is 0 Å². The molecule has 0 saturated heterocycles. The number of rotatable bonds is 5. The molecule has 0 aromatic carbocycles. The first kappa shape index (κ1) is 13.2. The Labute approximate surface area is 98.4 Å². The number of hydrogen-bond acceptors (Lipinski definition) is 3. The Balaban J connectivity index is 2.39. The largest absolute Gasteiger partial charge is 0.306 e. The lowest BCUT2D eigenvalue weighted by molar-refractivity contribution is 0.421. The van der Waals surface area contributed by atoms with E-state index >= 15 is 0 Å². The van der Waals surface area contributed by atoms with Crippen LogP contribution in [-0.4, -0.2) is 20.5 Å². The van der Waals surface area contributed by atoms with Crippen molar-refractivity contribution in [2.45, 2.75) is 59.7 Å². The van der Waals surface area contributed by atoms with E-state index in [0.717, 1.165) is 25.2 Å². The summed E-state index contributed by atoms with van der Waals surface area (Å²) < 4.78 is 1.93. The van der Waals surface area contributed by atoms with Gasteiger partial charge in [-0.1, -0.05) is 19.1 Å². The zero-order valence-electron chi connectivity index (χ0n) is 11.1. The highest BCUT2D eigenvalue weighted by atomic mass is 15.4. The molecule has 0 spiro atoms. The van der Waals surface area contributed by atoms with E-state index in [0.29, 0.717) is 5.92 Å². The van der Waals surface area contributed by atoms with E-state index in [1.54, 1.807) is 0 Å². The maximum Gasteiger partial charge on any atom is 0.0965 e. The van der Waals surface area contributed by atoms with Gasteiger partial charge in [0.25, 0.3) is 0 Å². The molecule has 92 valence electrons. The first-order valence-corrected chi connectivity index (χ1v) is 6.01. The lowest BCUT2D eigenvalue weighted by Gasteiger charge is -2.19. The number of aryl methyl sites for hydroxylation is 1. The van der Waals surface area contributed by atoms with E-state index in [2.05, 4.69) is 50.2 Å². The molecule has 1 aromatic heterocycles. The molecule has 0 aliphatic carbocycles. The second-order valence-electron chi connectivity index (χ2n) is 5.76. The van der Waals surface area contributed by atoms with Gasteiger partial charge in [-0.05, 0) is 33.1 Å². The molecule has 0 unspecified atom stereocenters. The smallest absolute Gasteiger partial charge is 0.0965 e. The topological polar surface area (TPSA) is 42.7 Å². The highest BCUT2D eigenvalue weighted by Gasteiger charge is 2.10. The quantitative estimate of drug-likeness (QED) is 0.834.